The highest BCUT2D eigenvalue weighted by Crippen LogP contribution is 1.95. The minimum absolute atomic E-state index is 0.0406. The molecule has 11 heteroatoms. The second kappa shape index (κ2) is 11.3. The van der Waals surface area contributed by atoms with Crippen molar-refractivity contribution in [3.8, 4) is 0 Å². The average Bonchev–Trinajstić information content (AvgIpc) is 2.40. The van der Waals surface area contributed by atoms with Gasteiger partial charge in [-0.15, -0.1) is 0 Å². The Bertz CT molecular complexity index is 411. The van der Waals surface area contributed by atoms with Crippen LogP contribution in [0.5, 0.6) is 0 Å². The lowest BCUT2D eigenvalue weighted by atomic mass is 10.4. The summed E-state index contributed by atoms with van der Waals surface area (Å²) in [6, 6.07) is 0. The Morgan fingerprint density at radius 2 is 1.13 bits per heavy atom. The number of nitrogens with zero attached hydrogens (tertiary/aromatic N) is 2. The van der Waals surface area contributed by atoms with Gasteiger partial charge in [-0.3, -0.25) is 29.0 Å². The van der Waals surface area contributed by atoms with E-state index in [1.165, 1.54) is 4.90 Å². The lowest BCUT2D eigenvalue weighted by Crippen LogP contribution is -2.43. The minimum Gasteiger partial charge on any atom is -0.480 e. The summed E-state index contributed by atoms with van der Waals surface area (Å²) in [4.78, 5) is 45.8. The largest absolute Gasteiger partial charge is 0.480 e. The van der Waals surface area contributed by atoms with E-state index in [1.807, 2.05) is 0 Å². The van der Waals surface area contributed by atoms with Crippen LogP contribution in [0.3, 0.4) is 0 Å². The van der Waals surface area contributed by atoms with Crippen molar-refractivity contribution >= 4 is 23.9 Å². The van der Waals surface area contributed by atoms with Crippen LogP contribution in [0.25, 0.3) is 0 Å². The Labute approximate surface area is 131 Å². The zero-order valence-electron chi connectivity index (χ0n) is 12.4. The molecule has 0 rings (SSSR count). The molecule has 0 aliphatic heterocycles. The molecule has 11 nitrogen and oxygen atoms in total. The second-order valence-electron chi connectivity index (χ2n) is 4.55. The van der Waals surface area contributed by atoms with Crippen LogP contribution >= 0.6 is 0 Å². The van der Waals surface area contributed by atoms with Crippen LogP contribution in [-0.2, 0) is 23.9 Å². The van der Waals surface area contributed by atoms with E-state index in [2.05, 4.69) is 4.74 Å². The lowest BCUT2D eigenvalue weighted by molar-refractivity contribution is -0.148. The van der Waals surface area contributed by atoms with Gasteiger partial charge in [0.25, 0.3) is 0 Å². The fourth-order valence-electron chi connectivity index (χ4n) is 1.67. The first-order valence-corrected chi connectivity index (χ1v) is 6.61. The third-order valence-electron chi connectivity index (χ3n) is 2.52. The van der Waals surface area contributed by atoms with E-state index in [9.17, 15) is 19.2 Å². The molecule has 0 bridgehead atoms. The molecule has 4 N–H and O–H groups in total. The molecule has 132 valence electrons. The normalized spacial score (nSPS) is 10.7. The van der Waals surface area contributed by atoms with Crippen LogP contribution in [0, 0.1) is 0 Å². The SMILES string of the molecule is O=C(O)CN(CCN(CC(=O)O)CC(=O)OCCO)CC(=O)O. The number of rotatable bonds is 13. The summed E-state index contributed by atoms with van der Waals surface area (Å²) in [5.41, 5.74) is 0. The maximum absolute atomic E-state index is 11.4. The van der Waals surface area contributed by atoms with E-state index in [0.717, 1.165) is 4.90 Å². The van der Waals surface area contributed by atoms with Gasteiger partial charge in [0.1, 0.15) is 6.61 Å². The van der Waals surface area contributed by atoms with E-state index in [4.69, 9.17) is 20.4 Å². The predicted molar refractivity (Wildman–Crippen MR) is 73.8 cm³/mol. The van der Waals surface area contributed by atoms with E-state index in [1.54, 1.807) is 0 Å². The lowest BCUT2D eigenvalue weighted by Gasteiger charge is -2.24. The van der Waals surface area contributed by atoms with Gasteiger partial charge in [0.2, 0.25) is 0 Å². The number of hydrogen-bond donors (Lipinski definition) is 4. The molecule has 0 fully saturated rings. The minimum atomic E-state index is -1.22. The fourth-order valence-corrected chi connectivity index (χ4v) is 1.67. The molecule has 0 aliphatic carbocycles. The van der Waals surface area contributed by atoms with Crippen molar-refractivity contribution in [1.29, 1.82) is 0 Å². The van der Waals surface area contributed by atoms with Crippen molar-refractivity contribution in [1.82, 2.24) is 9.80 Å². The van der Waals surface area contributed by atoms with Crippen molar-refractivity contribution in [2.24, 2.45) is 0 Å². The second-order valence-corrected chi connectivity index (χ2v) is 4.55. The number of carbonyl (C=O) groups excluding carboxylic acids is 1. The maximum Gasteiger partial charge on any atom is 0.320 e. The summed E-state index contributed by atoms with van der Waals surface area (Å²) >= 11 is 0. The summed E-state index contributed by atoms with van der Waals surface area (Å²) in [6.07, 6.45) is 0. The van der Waals surface area contributed by atoms with Gasteiger partial charge in [0, 0.05) is 13.1 Å². The first-order valence-electron chi connectivity index (χ1n) is 6.61. The molecule has 0 spiro atoms. The fraction of sp³-hybridized carbons (Fsp3) is 0.667. The van der Waals surface area contributed by atoms with E-state index in [-0.39, 0.29) is 32.8 Å². The topological polar surface area (TPSA) is 165 Å². The monoisotopic (exact) mass is 336 g/mol. The highest BCUT2D eigenvalue weighted by molar-refractivity contribution is 5.74. The smallest absolute Gasteiger partial charge is 0.320 e. The quantitative estimate of drug-likeness (QED) is 0.260. The van der Waals surface area contributed by atoms with Gasteiger partial charge >= 0.3 is 23.9 Å². The summed E-state index contributed by atoms with van der Waals surface area (Å²) in [5, 5.41) is 34.7. The van der Waals surface area contributed by atoms with Gasteiger partial charge in [-0.1, -0.05) is 0 Å². The van der Waals surface area contributed by atoms with Crippen molar-refractivity contribution < 1.29 is 44.3 Å². The van der Waals surface area contributed by atoms with Gasteiger partial charge in [-0.2, -0.15) is 0 Å². The van der Waals surface area contributed by atoms with Crippen molar-refractivity contribution in [3.05, 3.63) is 0 Å². The summed E-state index contributed by atoms with van der Waals surface area (Å²) < 4.78 is 4.61. The first-order chi connectivity index (χ1) is 10.7. The number of carbonyl (C=O) groups is 4. The number of aliphatic hydroxyl groups excluding tert-OH is 1. The maximum atomic E-state index is 11.4. The molecule has 0 aromatic heterocycles. The van der Waals surface area contributed by atoms with Gasteiger partial charge in [-0.05, 0) is 0 Å². The Morgan fingerprint density at radius 1 is 0.739 bits per heavy atom. The molecule has 0 atom stereocenters. The van der Waals surface area contributed by atoms with Crippen LogP contribution in [0.4, 0.5) is 0 Å². The molecular weight excluding hydrogens is 316 g/mol. The Kier molecular flexibility index (Phi) is 10.2. The summed E-state index contributed by atoms with van der Waals surface area (Å²) in [7, 11) is 0. The number of ether oxygens (including phenoxy) is 1. The standard InChI is InChI=1S/C12H20N2O9/c15-3-4-23-12(22)8-14(7-11(20)21)2-1-13(5-9(16)17)6-10(18)19/h15H,1-8H2,(H,16,17)(H,18,19)(H,20,21). The van der Waals surface area contributed by atoms with E-state index in [0.29, 0.717) is 0 Å². The molecule has 0 amide bonds. The highest BCUT2D eigenvalue weighted by Gasteiger charge is 2.18. The highest BCUT2D eigenvalue weighted by atomic mass is 16.5. The van der Waals surface area contributed by atoms with Crippen LogP contribution in [0.1, 0.15) is 0 Å². The molecule has 0 saturated heterocycles. The van der Waals surface area contributed by atoms with Crippen LogP contribution in [0.15, 0.2) is 0 Å². The van der Waals surface area contributed by atoms with Gasteiger partial charge in [0.05, 0.1) is 32.8 Å². The number of carboxylic acids is 3. The molecule has 0 radical (unpaired) electrons. The molecule has 0 aromatic rings. The van der Waals surface area contributed by atoms with E-state index >= 15 is 0 Å². The zero-order chi connectivity index (χ0) is 17.8. The van der Waals surface area contributed by atoms with Crippen molar-refractivity contribution in [2.45, 2.75) is 0 Å². The molecule has 0 saturated carbocycles. The Morgan fingerprint density at radius 3 is 1.48 bits per heavy atom. The average molecular weight is 336 g/mol. The molecule has 0 unspecified atom stereocenters. The Balaban J connectivity index is 4.59. The number of aliphatic carboxylic acids is 3. The van der Waals surface area contributed by atoms with Crippen LogP contribution in [-0.4, -0.2) is 107 Å². The Hall–Kier alpha value is -2.24. The molecule has 0 heterocycles. The van der Waals surface area contributed by atoms with Gasteiger partial charge < -0.3 is 25.2 Å². The zero-order valence-corrected chi connectivity index (χ0v) is 12.4. The van der Waals surface area contributed by atoms with Crippen molar-refractivity contribution in [3.63, 3.8) is 0 Å². The van der Waals surface area contributed by atoms with Crippen LogP contribution in [0.2, 0.25) is 0 Å². The number of hydrogen-bond acceptors (Lipinski definition) is 8. The van der Waals surface area contributed by atoms with E-state index < -0.39 is 43.5 Å². The van der Waals surface area contributed by atoms with Crippen LogP contribution < -0.4 is 0 Å². The molecule has 0 aromatic carbocycles. The summed E-state index contributed by atoms with van der Waals surface area (Å²) in [6.45, 7) is -2.60. The third kappa shape index (κ3) is 12.0. The summed E-state index contributed by atoms with van der Waals surface area (Å²) in [5.74, 6) is -4.40. The molecule has 23 heavy (non-hydrogen) atoms. The van der Waals surface area contributed by atoms with Gasteiger partial charge in [0.15, 0.2) is 0 Å². The number of esters is 1. The molecular formula is C12H20N2O9. The van der Waals surface area contributed by atoms with Gasteiger partial charge in [-0.25, -0.2) is 0 Å². The number of carboxylic acid groups (broad SMARTS) is 3. The predicted octanol–water partition coefficient (Wildman–Crippen LogP) is -2.62. The third-order valence-corrected chi connectivity index (χ3v) is 2.52. The first kappa shape index (κ1) is 20.8. The molecule has 0 aliphatic rings. The van der Waals surface area contributed by atoms with Crippen molar-refractivity contribution in [2.75, 3.05) is 52.5 Å². The number of aliphatic hydroxyl groups is 1.